The summed E-state index contributed by atoms with van der Waals surface area (Å²) in [5.74, 6) is 1.49. The number of hydrogen-bond acceptors (Lipinski definition) is 2. The van der Waals surface area contributed by atoms with Gasteiger partial charge >= 0.3 is 0 Å². The highest BCUT2D eigenvalue weighted by Gasteiger charge is 2.22. The summed E-state index contributed by atoms with van der Waals surface area (Å²) in [5.41, 5.74) is 2.48. The van der Waals surface area contributed by atoms with Gasteiger partial charge in [0.05, 0.1) is 0 Å². The zero-order valence-electron chi connectivity index (χ0n) is 15.3. The molecule has 1 heterocycles. The van der Waals surface area contributed by atoms with E-state index in [0.717, 1.165) is 49.1 Å². The quantitative estimate of drug-likeness (QED) is 0.603. The standard InChI is InChI=1S/C21H27ClN4/c1-23-21(24-13-11-18-7-5-6-10-20(18)22)25-15-17-12-14-26(16-17)19-8-3-2-4-9-19/h2-10,17H,11-16H2,1H3,(H2,23,24,25). The second kappa shape index (κ2) is 9.48. The van der Waals surface area contributed by atoms with Crippen LogP contribution in [0.4, 0.5) is 5.69 Å². The smallest absolute Gasteiger partial charge is 0.190 e. The van der Waals surface area contributed by atoms with Crippen LogP contribution in [0.1, 0.15) is 12.0 Å². The van der Waals surface area contributed by atoms with E-state index in [2.05, 4.69) is 56.9 Å². The third-order valence-corrected chi connectivity index (χ3v) is 5.20. The molecule has 1 unspecified atom stereocenters. The topological polar surface area (TPSA) is 39.7 Å². The van der Waals surface area contributed by atoms with Gasteiger partial charge in [0, 0.05) is 43.9 Å². The molecule has 2 aromatic carbocycles. The Morgan fingerprint density at radius 1 is 1.12 bits per heavy atom. The summed E-state index contributed by atoms with van der Waals surface area (Å²) < 4.78 is 0. The van der Waals surface area contributed by atoms with E-state index in [4.69, 9.17) is 11.6 Å². The average molecular weight is 371 g/mol. The SMILES string of the molecule is CN=C(NCCc1ccccc1Cl)NCC1CCN(c2ccccc2)C1. The second-order valence-corrected chi connectivity index (χ2v) is 7.06. The molecule has 1 atom stereocenters. The number of guanidine groups is 1. The predicted octanol–water partition coefficient (Wildman–Crippen LogP) is 3.57. The predicted molar refractivity (Wildman–Crippen MR) is 111 cm³/mol. The summed E-state index contributed by atoms with van der Waals surface area (Å²) in [4.78, 5) is 6.79. The fraction of sp³-hybridized carbons (Fsp3) is 0.381. The molecule has 2 aromatic rings. The number of hydrogen-bond donors (Lipinski definition) is 2. The van der Waals surface area contributed by atoms with Crippen molar-refractivity contribution < 1.29 is 0 Å². The van der Waals surface area contributed by atoms with Crippen molar-refractivity contribution >= 4 is 23.2 Å². The number of para-hydroxylation sites is 1. The molecule has 0 radical (unpaired) electrons. The van der Waals surface area contributed by atoms with Gasteiger partial charge in [0.2, 0.25) is 0 Å². The van der Waals surface area contributed by atoms with Gasteiger partial charge in [-0.15, -0.1) is 0 Å². The van der Waals surface area contributed by atoms with Crippen molar-refractivity contribution in [2.45, 2.75) is 12.8 Å². The Morgan fingerprint density at radius 3 is 2.65 bits per heavy atom. The number of nitrogens with one attached hydrogen (secondary N) is 2. The number of aliphatic imine (C=N–C) groups is 1. The molecule has 5 heteroatoms. The Bertz CT molecular complexity index is 717. The molecule has 26 heavy (non-hydrogen) atoms. The summed E-state index contributed by atoms with van der Waals surface area (Å²) in [5, 5.41) is 7.67. The number of rotatable bonds is 6. The molecule has 1 aliphatic rings. The van der Waals surface area contributed by atoms with Crippen LogP contribution < -0.4 is 15.5 Å². The third-order valence-electron chi connectivity index (χ3n) is 4.83. The Balaban J connectivity index is 1.40. The molecular weight excluding hydrogens is 344 g/mol. The molecule has 0 amide bonds. The van der Waals surface area contributed by atoms with Crippen LogP contribution in [0.25, 0.3) is 0 Å². The maximum Gasteiger partial charge on any atom is 0.190 e. The van der Waals surface area contributed by atoms with Crippen molar-refractivity contribution in [2.75, 3.05) is 38.1 Å². The highest BCUT2D eigenvalue weighted by molar-refractivity contribution is 6.31. The van der Waals surface area contributed by atoms with E-state index in [1.807, 2.05) is 25.2 Å². The average Bonchev–Trinajstić information content (AvgIpc) is 3.16. The first-order valence-electron chi connectivity index (χ1n) is 9.24. The van der Waals surface area contributed by atoms with Crippen molar-refractivity contribution in [1.82, 2.24) is 10.6 Å². The van der Waals surface area contributed by atoms with Gasteiger partial charge in [-0.25, -0.2) is 0 Å². The highest BCUT2D eigenvalue weighted by Crippen LogP contribution is 2.22. The molecule has 138 valence electrons. The van der Waals surface area contributed by atoms with Gasteiger partial charge < -0.3 is 15.5 Å². The van der Waals surface area contributed by atoms with Crippen molar-refractivity contribution in [3.05, 3.63) is 65.2 Å². The number of benzene rings is 2. The lowest BCUT2D eigenvalue weighted by atomic mass is 10.1. The Hall–Kier alpha value is -2.20. The van der Waals surface area contributed by atoms with Crippen LogP contribution in [0.5, 0.6) is 0 Å². The van der Waals surface area contributed by atoms with Crippen LogP contribution in [0.2, 0.25) is 5.02 Å². The fourth-order valence-corrected chi connectivity index (χ4v) is 3.58. The van der Waals surface area contributed by atoms with E-state index < -0.39 is 0 Å². The number of nitrogens with zero attached hydrogens (tertiary/aromatic N) is 2. The Labute approximate surface area is 161 Å². The normalized spacial score (nSPS) is 17.4. The van der Waals surface area contributed by atoms with Crippen molar-refractivity contribution in [1.29, 1.82) is 0 Å². The van der Waals surface area contributed by atoms with Gasteiger partial charge in [0.1, 0.15) is 0 Å². The molecule has 2 N–H and O–H groups in total. The van der Waals surface area contributed by atoms with Gasteiger partial charge in [0.25, 0.3) is 0 Å². The Morgan fingerprint density at radius 2 is 1.88 bits per heavy atom. The first-order valence-corrected chi connectivity index (χ1v) is 9.62. The van der Waals surface area contributed by atoms with E-state index in [1.165, 1.54) is 12.1 Å². The number of anilines is 1. The van der Waals surface area contributed by atoms with E-state index in [1.54, 1.807) is 0 Å². The van der Waals surface area contributed by atoms with E-state index in [9.17, 15) is 0 Å². The summed E-state index contributed by atoms with van der Waals surface area (Å²) in [6.45, 7) is 3.96. The van der Waals surface area contributed by atoms with Gasteiger partial charge in [-0.2, -0.15) is 0 Å². The molecular formula is C21H27ClN4. The van der Waals surface area contributed by atoms with Crippen molar-refractivity contribution in [3.63, 3.8) is 0 Å². The lowest BCUT2D eigenvalue weighted by molar-refractivity contribution is 0.566. The zero-order valence-corrected chi connectivity index (χ0v) is 16.0. The third kappa shape index (κ3) is 5.15. The minimum Gasteiger partial charge on any atom is -0.371 e. The van der Waals surface area contributed by atoms with Gasteiger partial charge in [-0.05, 0) is 42.5 Å². The van der Waals surface area contributed by atoms with Crippen molar-refractivity contribution in [2.24, 2.45) is 10.9 Å². The molecule has 0 saturated carbocycles. The Kier molecular flexibility index (Phi) is 6.78. The van der Waals surface area contributed by atoms with E-state index in [-0.39, 0.29) is 0 Å². The summed E-state index contributed by atoms with van der Waals surface area (Å²) in [7, 11) is 1.82. The monoisotopic (exact) mass is 370 g/mol. The molecule has 1 saturated heterocycles. The lowest BCUT2D eigenvalue weighted by Crippen LogP contribution is -2.41. The molecule has 0 bridgehead atoms. The minimum absolute atomic E-state index is 0.636. The maximum absolute atomic E-state index is 6.21. The summed E-state index contributed by atoms with van der Waals surface area (Å²) in [6.07, 6.45) is 2.09. The first kappa shape index (κ1) is 18.6. The number of halogens is 1. The van der Waals surface area contributed by atoms with Crippen LogP contribution in [0.3, 0.4) is 0 Å². The molecule has 0 spiro atoms. The molecule has 1 aliphatic heterocycles. The molecule has 0 aromatic heterocycles. The largest absolute Gasteiger partial charge is 0.371 e. The second-order valence-electron chi connectivity index (χ2n) is 6.66. The van der Waals surface area contributed by atoms with Gasteiger partial charge in [-0.3, -0.25) is 4.99 Å². The lowest BCUT2D eigenvalue weighted by Gasteiger charge is -2.19. The highest BCUT2D eigenvalue weighted by atomic mass is 35.5. The molecule has 1 fully saturated rings. The van der Waals surface area contributed by atoms with Gasteiger partial charge in [0.15, 0.2) is 5.96 Å². The molecule has 4 nitrogen and oxygen atoms in total. The van der Waals surface area contributed by atoms with Crippen LogP contribution in [0, 0.1) is 5.92 Å². The first-order chi connectivity index (χ1) is 12.8. The van der Waals surface area contributed by atoms with E-state index in [0.29, 0.717) is 5.92 Å². The van der Waals surface area contributed by atoms with Crippen LogP contribution >= 0.6 is 11.6 Å². The van der Waals surface area contributed by atoms with Gasteiger partial charge in [-0.1, -0.05) is 48.0 Å². The van der Waals surface area contributed by atoms with Crippen LogP contribution in [0.15, 0.2) is 59.6 Å². The summed E-state index contributed by atoms with van der Waals surface area (Å²) in [6, 6.07) is 18.6. The van der Waals surface area contributed by atoms with E-state index >= 15 is 0 Å². The van der Waals surface area contributed by atoms with Crippen LogP contribution in [-0.4, -0.2) is 39.2 Å². The van der Waals surface area contributed by atoms with Crippen LogP contribution in [-0.2, 0) is 6.42 Å². The minimum atomic E-state index is 0.636. The molecule has 0 aliphatic carbocycles. The van der Waals surface area contributed by atoms with Crippen molar-refractivity contribution in [3.8, 4) is 0 Å². The zero-order chi connectivity index (χ0) is 18.2. The molecule has 3 rings (SSSR count). The fourth-order valence-electron chi connectivity index (χ4n) is 3.35. The maximum atomic E-state index is 6.21. The summed E-state index contributed by atoms with van der Waals surface area (Å²) >= 11 is 6.21.